The molecule has 3 atom stereocenters. The third kappa shape index (κ3) is 2.51. The third-order valence-corrected chi connectivity index (χ3v) is 4.67. The van der Waals surface area contributed by atoms with E-state index in [-0.39, 0.29) is 11.9 Å². The van der Waals surface area contributed by atoms with Crippen LogP contribution in [0.15, 0.2) is 24.5 Å². The highest BCUT2D eigenvalue weighted by atomic mass is 35.5. The summed E-state index contributed by atoms with van der Waals surface area (Å²) in [6.45, 7) is 3.35. The van der Waals surface area contributed by atoms with Crippen LogP contribution in [0.4, 0.5) is 0 Å². The lowest BCUT2D eigenvalue weighted by Gasteiger charge is -2.30. The lowest BCUT2D eigenvalue weighted by molar-refractivity contribution is 0.0909. The van der Waals surface area contributed by atoms with Crippen molar-refractivity contribution >= 4 is 23.2 Å². The van der Waals surface area contributed by atoms with Gasteiger partial charge in [-0.05, 0) is 37.4 Å². The second-order valence-electron chi connectivity index (χ2n) is 6.07. The number of fused-ring (bicyclic) bond motifs is 3. The summed E-state index contributed by atoms with van der Waals surface area (Å²) >= 11 is 5.87. The Hall–Kier alpha value is -1.59. The highest BCUT2D eigenvalue weighted by Gasteiger charge is 2.32. The molecule has 2 fully saturated rings. The SMILES string of the molecule is O=C(N[C@@H]1CC2CCN(C2)C1)c1ccc2nc(Cl)cn2c1. The molecule has 4 rings (SSSR count). The van der Waals surface area contributed by atoms with Gasteiger partial charge in [0, 0.05) is 31.5 Å². The molecule has 5 nitrogen and oxygen atoms in total. The number of imidazole rings is 1. The number of aromatic nitrogens is 2. The summed E-state index contributed by atoms with van der Waals surface area (Å²) in [6.07, 6.45) is 5.86. The summed E-state index contributed by atoms with van der Waals surface area (Å²) < 4.78 is 1.78. The average Bonchev–Trinajstić information content (AvgIpc) is 2.99. The fourth-order valence-corrected chi connectivity index (χ4v) is 3.72. The van der Waals surface area contributed by atoms with Crippen LogP contribution < -0.4 is 5.32 Å². The van der Waals surface area contributed by atoms with Crippen molar-refractivity contribution in [3.05, 3.63) is 35.2 Å². The molecule has 2 aliphatic rings. The molecule has 0 aromatic carbocycles. The minimum atomic E-state index is -0.0192. The van der Waals surface area contributed by atoms with Crippen LogP contribution in [0.2, 0.25) is 5.15 Å². The van der Waals surface area contributed by atoms with Gasteiger partial charge in [-0.25, -0.2) is 4.98 Å². The van der Waals surface area contributed by atoms with Gasteiger partial charge in [-0.15, -0.1) is 0 Å². The van der Waals surface area contributed by atoms with Gasteiger partial charge in [-0.2, -0.15) is 0 Å². The Balaban J connectivity index is 1.50. The molecule has 110 valence electrons. The molecule has 0 aliphatic carbocycles. The molecule has 2 aliphatic heterocycles. The molecular formula is C15H17ClN4O. The lowest BCUT2D eigenvalue weighted by Crippen LogP contribution is -2.47. The number of rotatable bonds is 2. The second-order valence-corrected chi connectivity index (χ2v) is 6.45. The first-order chi connectivity index (χ1) is 10.2. The third-order valence-electron chi connectivity index (χ3n) is 4.49. The first-order valence-corrected chi connectivity index (χ1v) is 7.72. The number of halogens is 1. The van der Waals surface area contributed by atoms with E-state index in [4.69, 9.17) is 11.6 Å². The summed E-state index contributed by atoms with van der Waals surface area (Å²) in [6, 6.07) is 3.88. The summed E-state index contributed by atoms with van der Waals surface area (Å²) in [5.74, 6) is 0.730. The van der Waals surface area contributed by atoms with E-state index in [1.54, 1.807) is 22.9 Å². The number of nitrogens with zero attached hydrogens (tertiary/aromatic N) is 3. The smallest absolute Gasteiger partial charge is 0.253 e. The molecule has 2 unspecified atom stereocenters. The van der Waals surface area contributed by atoms with Crippen molar-refractivity contribution in [1.82, 2.24) is 19.6 Å². The van der Waals surface area contributed by atoms with Crippen molar-refractivity contribution in [1.29, 1.82) is 0 Å². The number of carbonyl (C=O) groups excluding carboxylic acids is 1. The molecule has 4 heterocycles. The Morgan fingerprint density at radius 1 is 1.33 bits per heavy atom. The largest absolute Gasteiger partial charge is 0.348 e. The molecular weight excluding hydrogens is 288 g/mol. The van der Waals surface area contributed by atoms with E-state index in [2.05, 4.69) is 15.2 Å². The van der Waals surface area contributed by atoms with Gasteiger partial charge in [0.05, 0.1) is 5.56 Å². The van der Waals surface area contributed by atoms with Gasteiger partial charge >= 0.3 is 0 Å². The Morgan fingerprint density at radius 3 is 3.10 bits per heavy atom. The minimum Gasteiger partial charge on any atom is -0.348 e. The van der Waals surface area contributed by atoms with Gasteiger partial charge in [-0.3, -0.25) is 4.79 Å². The molecule has 1 N–H and O–H groups in total. The van der Waals surface area contributed by atoms with Crippen LogP contribution in [0.3, 0.4) is 0 Å². The number of nitrogens with one attached hydrogen (secondary N) is 1. The average molecular weight is 305 g/mol. The Morgan fingerprint density at radius 2 is 2.24 bits per heavy atom. The molecule has 2 saturated heterocycles. The molecule has 21 heavy (non-hydrogen) atoms. The predicted molar refractivity (Wildman–Crippen MR) is 80.6 cm³/mol. The van der Waals surface area contributed by atoms with E-state index in [0.29, 0.717) is 10.7 Å². The van der Waals surface area contributed by atoms with E-state index >= 15 is 0 Å². The highest BCUT2D eigenvalue weighted by molar-refractivity contribution is 6.29. The molecule has 6 heteroatoms. The van der Waals surface area contributed by atoms with Gasteiger partial charge in [0.15, 0.2) is 0 Å². The van der Waals surface area contributed by atoms with Crippen LogP contribution in [-0.2, 0) is 0 Å². The van der Waals surface area contributed by atoms with Gasteiger partial charge in [0.2, 0.25) is 0 Å². The number of hydrogen-bond acceptors (Lipinski definition) is 3. The Labute approximate surface area is 127 Å². The zero-order valence-corrected chi connectivity index (χ0v) is 12.4. The van der Waals surface area contributed by atoms with E-state index < -0.39 is 0 Å². The summed E-state index contributed by atoms with van der Waals surface area (Å²) in [5, 5.41) is 3.59. The topological polar surface area (TPSA) is 49.6 Å². The van der Waals surface area contributed by atoms with Crippen molar-refractivity contribution in [2.24, 2.45) is 5.92 Å². The summed E-state index contributed by atoms with van der Waals surface area (Å²) in [4.78, 5) is 19.0. The zero-order valence-electron chi connectivity index (χ0n) is 11.6. The Kier molecular flexibility index (Phi) is 3.12. The second kappa shape index (κ2) is 5.00. The number of piperidine rings is 1. The summed E-state index contributed by atoms with van der Waals surface area (Å²) in [5.41, 5.74) is 1.39. The maximum Gasteiger partial charge on any atom is 0.253 e. The van der Waals surface area contributed by atoms with Gasteiger partial charge in [0.25, 0.3) is 5.91 Å². The number of hydrogen-bond donors (Lipinski definition) is 1. The molecule has 0 radical (unpaired) electrons. The Bertz CT molecular complexity index is 686. The molecule has 1 amide bonds. The van der Waals surface area contributed by atoms with Crippen LogP contribution in [0.25, 0.3) is 5.65 Å². The van der Waals surface area contributed by atoms with Crippen LogP contribution >= 0.6 is 11.6 Å². The first-order valence-electron chi connectivity index (χ1n) is 7.35. The van der Waals surface area contributed by atoms with Crippen LogP contribution in [0.1, 0.15) is 23.2 Å². The maximum absolute atomic E-state index is 12.4. The quantitative estimate of drug-likeness (QED) is 0.920. The van der Waals surface area contributed by atoms with Crippen LogP contribution in [0.5, 0.6) is 0 Å². The molecule has 0 saturated carbocycles. The van der Waals surface area contributed by atoms with Crippen LogP contribution in [0, 0.1) is 5.92 Å². The summed E-state index contributed by atoms with van der Waals surface area (Å²) in [7, 11) is 0. The first kappa shape index (κ1) is 13.1. The number of amides is 1. The van der Waals surface area contributed by atoms with Crippen LogP contribution in [-0.4, -0.2) is 45.9 Å². The van der Waals surface area contributed by atoms with Gasteiger partial charge < -0.3 is 14.6 Å². The monoisotopic (exact) mass is 304 g/mol. The van der Waals surface area contributed by atoms with Crippen molar-refractivity contribution in [3.8, 4) is 0 Å². The fourth-order valence-electron chi connectivity index (χ4n) is 3.53. The normalized spacial score (nSPS) is 28.0. The molecule has 0 spiro atoms. The van der Waals surface area contributed by atoms with Gasteiger partial charge in [0.1, 0.15) is 10.8 Å². The molecule has 2 aromatic heterocycles. The standard InChI is InChI=1S/C15H17ClN4O/c16-13-9-20-7-11(1-2-14(20)18-13)15(21)17-12-5-10-3-4-19(6-10)8-12/h1-2,7,9-10,12H,3-6,8H2,(H,17,21)/t10?,12-/m1/s1. The molecule has 2 bridgehead atoms. The maximum atomic E-state index is 12.4. The minimum absolute atomic E-state index is 0.0192. The van der Waals surface area contributed by atoms with Crippen molar-refractivity contribution in [3.63, 3.8) is 0 Å². The zero-order chi connectivity index (χ0) is 14.4. The van der Waals surface area contributed by atoms with E-state index in [9.17, 15) is 4.79 Å². The number of carbonyl (C=O) groups is 1. The van der Waals surface area contributed by atoms with E-state index in [0.717, 1.165) is 24.5 Å². The molecule has 2 aromatic rings. The lowest BCUT2D eigenvalue weighted by atomic mass is 9.96. The van der Waals surface area contributed by atoms with Crippen molar-refractivity contribution in [2.75, 3.05) is 19.6 Å². The van der Waals surface area contributed by atoms with E-state index in [1.165, 1.54) is 19.5 Å². The highest BCUT2D eigenvalue weighted by Crippen LogP contribution is 2.26. The van der Waals surface area contributed by atoms with E-state index in [1.807, 2.05) is 6.07 Å². The fraction of sp³-hybridized carbons (Fsp3) is 0.467. The predicted octanol–water partition coefficient (Wildman–Crippen LogP) is 1.81. The van der Waals surface area contributed by atoms with Gasteiger partial charge in [-0.1, -0.05) is 11.6 Å². The van der Waals surface area contributed by atoms with Crippen molar-refractivity contribution < 1.29 is 4.79 Å². The number of pyridine rings is 1. The van der Waals surface area contributed by atoms with Crippen molar-refractivity contribution in [2.45, 2.75) is 18.9 Å².